The Morgan fingerprint density at radius 1 is 1.44 bits per heavy atom. The number of hydrogen-bond donors (Lipinski definition) is 1. The van der Waals surface area contributed by atoms with Crippen molar-refractivity contribution >= 4 is 5.91 Å². The molecule has 1 amide bonds. The van der Waals surface area contributed by atoms with Crippen LogP contribution in [-0.2, 0) is 7.05 Å². The predicted molar refractivity (Wildman–Crippen MR) is 66.3 cm³/mol. The van der Waals surface area contributed by atoms with Crippen LogP contribution < -0.4 is 10.9 Å². The lowest BCUT2D eigenvalue weighted by atomic mass is 10.2. The Kier molecular flexibility index (Phi) is 3.32. The molecule has 2 aromatic rings. The Bertz CT molecular complexity index is 599. The lowest BCUT2D eigenvalue weighted by molar-refractivity contribution is 0.0935. The van der Waals surface area contributed by atoms with E-state index in [9.17, 15) is 9.59 Å². The normalized spacial score (nSPS) is 12.1. The maximum atomic E-state index is 11.9. The van der Waals surface area contributed by atoms with E-state index < -0.39 is 0 Å². The van der Waals surface area contributed by atoms with E-state index in [1.54, 1.807) is 37.7 Å². The molecule has 2 rings (SSSR count). The molecule has 0 saturated carbocycles. The van der Waals surface area contributed by atoms with Gasteiger partial charge in [-0.2, -0.15) is 0 Å². The summed E-state index contributed by atoms with van der Waals surface area (Å²) in [5.41, 5.74) is 0.129. The summed E-state index contributed by atoms with van der Waals surface area (Å²) < 4.78 is 6.60. The molecule has 1 atom stereocenters. The minimum atomic E-state index is -0.295. The van der Waals surface area contributed by atoms with Crippen LogP contribution >= 0.6 is 0 Å². The standard InChI is InChI=1S/C13H14N2O3/c1-9(11-4-3-7-18-11)14-13(17)10-5-6-15(2)12(16)8-10/h3-9H,1-2H3,(H,14,17)/t9-/m0/s1. The number of aryl methyl sites for hydroxylation is 1. The van der Waals surface area contributed by atoms with E-state index in [0.29, 0.717) is 11.3 Å². The van der Waals surface area contributed by atoms with Crippen molar-refractivity contribution in [2.24, 2.45) is 7.05 Å². The number of furan rings is 1. The Balaban J connectivity index is 2.12. The van der Waals surface area contributed by atoms with E-state index in [4.69, 9.17) is 4.42 Å². The van der Waals surface area contributed by atoms with Crippen molar-refractivity contribution < 1.29 is 9.21 Å². The number of nitrogens with zero attached hydrogens (tertiary/aromatic N) is 1. The zero-order valence-electron chi connectivity index (χ0n) is 10.2. The number of pyridine rings is 1. The third kappa shape index (κ3) is 2.51. The molecule has 2 aromatic heterocycles. The average molecular weight is 246 g/mol. The Morgan fingerprint density at radius 2 is 2.22 bits per heavy atom. The second kappa shape index (κ2) is 4.91. The number of nitrogens with one attached hydrogen (secondary N) is 1. The molecule has 0 bridgehead atoms. The first-order valence-corrected chi connectivity index (χ1v) is 5.59. The van der Waals surface area contributed by atoms with Gasteiger partial charge in [-0.3, -0.25) is 9.59 Å². The van der Waals surface area contributed by atoms with E-state index in [-0.39, 0.29) is 17.5 Å². The molecule has 2 heterocycles. The van der Waals surface area contributed by atoms with Crippen molar-refractivity contribution in [3.63, 3.8) is 0 Å². The van der Waals surface area contributed by atoms with Crippen LogP contribution in [0, 0.1) is 0 Å². The molecular weight excluding hydrogens is 232 g/mol. The quantitative estimate of drug-likeness (QED) is 0.891. The molecule has 0 radical (unpaired) electrons. The first-order chi connectivity index (χ1) is 8.58. The number of hydrogen-bond acceptors (Lipinski definition) is 3. The molecular formula is C13H14N2O3. The SMILES string of the molecule is C[C@H](NC(=O)c1ccn(C)c(=O)c1)c1ccco1. The highest BCUT2D eigenvalue weighted by Crippen LogP contribution is 2.12. The summed E-state index contributed by atoms with van der Waals surface area (Å²) in [4.78, 5) is 23.3. The topological polar surface area (TPSA) is 64.2 Å². The number of amides is 1. The maximum Gasteiger partial charge on any atom is 0.252 e. The number of carbonyl (C=O) groups excluding carboxylic acids is 1. The van der Waals surface area contributed by atoms with Gasteiger partial charge in [0.2, 0.25) is 0 Å². The van der Waals surface area contributed by atoms with Gasteiger partial charge in [0.25, 0.3) is 11.5 Å². The fourth-order valence-electron chi connectivity index (χ4n) is 1.58. The van der Waals surface area contributed by atoms with Gasteiger partial charge >= 0.3 is 0 Å². The highest BCUT2D eigenvalue weighted by Gasteiger charge is 2.13. The second-order valence-corrected chi connectivity index (χ2v) is 4.08. The van der Waals surface area contributed by atoms with Gasteiger partial charge < -0.3 is 14.3 Å². The van der Waals surface area contributed by atoms with Crippen LogP contribution in [0.25, 0.3) is 0 Å². The molecule has 0 aliphatic rings. The van der Waals surface area contributed by atoms with Crippen LogP contribution in [0.2, 0.25) is 0 Å². The average Bonchev–Trinajstić information content (AvgIpc) is 2.86. The summed E-state index contributed by atoms with van der Waals surface area (Å²) >= 11 is 0. The van der Waals surface area contributed by atoms with Gasteiger partial charge in [0.1, 0.15) is 5.76 Å². The highest BCUT2D eigenvalue weighted by molar-refractivity contribution is 5.94. The molecule has 94 valence electrons. The van der Waals surface area contributed by atoms with Gasteiger partial charge in [0, 0.05) is 24.9 Å². The third-order valence-electron chi connectivity index (χ3n) is 2.68. The Morgan fingerprint density at radius 3 is 2.83 bits per heavy atom. The van der Waals surface area contributed by atoms with E-state index in [2.05, 4.69) is 5.32 Å². The number of carbonyl (C=O) groups is 1. The van der Waals surface area contributed by atoms with E-state index in [0.717, 1.165) is 0 Å². The minimum Gasteiger partial charge on any atom is -0.467 e. The fourth-order valence-corrected chi connectivity index (χ4v) is 1.58. The molecule has 0 aromatic carbocycles. The lowest BCUT2D eigenvalue weighted by Crippen LogP contribution is -2.28. The molecule has 1 N–H and O–H groups in total. The highest BCUT2D eigenvalue weighted by atomic mass is 16.3. The van der Waals surface area contributed by atoms with Crippen molar-refractivity contribution in [3.8, 4) is 0 Å². The maximum absolute atomic E-state index is 11.9. The second-order valence-electron chi connectivity index (χ2n) is 4.08. The monoisotopic (exact) mass is 246 g/mol. The van der Waals surface area contributed by atoms with Crippen molar-refractivity contribution in [2.45, 2.75) is 13.0 Å². The summed E-state index contributed by atoms with van der Waals surface area (Å²) in [6.45, 7) is 1.82. The fraction of sp³-hybridized carbons (Fsp3) is 0.231. The molecule has 5 heteroatoms. The van der Waals surface area contributed by atoms with Gasteiger partial charge in [-0.1, -0.05) is 0 Å². The van der Waals surface area contributed by atoms with Crippen molar-refractivity contribution in [3.05, 3.63) is 58.4 Å². The van der Waals surface area contributed by atoms with Crippen LogP contribution in [0.3, 0.4) is 0 Å². The summed E-state index contributed by atoms with van der Waals surface area (Å²) in [5, 5.41) is 2.76. The zero-order valence-corrected chi connectivity index (χ0v) is 10.2. The van der Waals surface area contributed by atoms with Gasteiger partial charge in [-0.25, -0.2) is 0 Å². The van der Waals surface area contributed by atoms with Crippen molar-refractivity contribution in [1.82, 2.24) is 9.88 Å². The van der Waals surface area contributed by atoms with Crippen LogP contribution in [0.5, 0.6) is 0 Å². The van der Waals surface area contributed by atoms with E-state index in [1.807, 2.05) is 6.92 Å². The number of aromatic nitrogens is 1. The van der Waals surface area contributed by atoms with Gasteiger partial charge in [-0.05, 0) is 25.1 Å². The Labute approximate surface area is 104 Å². The zero-order chi connectivity index (χ0) is 13.1. The van der Waals surface area contributed by atoms with E-state index >= 15 is 0 Å². The van der Waals surface area contributed by atoms with Crippen LogP contribution in [0.1, 0.15) is 29.1 Å². The molecule has 5 nitrogen and oxygen atoms in total. The van der Waals surface area contributed by atoms with Gasteiger partial charge in [-0.15, -0.1) is 0 Å². The molecule has 0 aliphatic heterocycles. The molecule has 18 heavy (non-hydrogen) atoms. The Hall–Kier alpha value is -2.30. The van der Waals surface area contributed by atoms with Gasteiger partial charge in [0.05, 0.1) is 12.3 Å². The molecule has 0 saturated heterocycles. The largest absolute Gasteiger partial charge is 0.467 e. The molecule has 0 spiro atoms. The van der Waals surface area contributed by atoms with Crippen molar-refractivity contribution in [2.75, 3.05) is 0 Å². The van der Waals surface area contributed by atoms with Crippen LogP contribution in [-0.4, -0.2) is 10.5 Å². The third-order valence-corrected chi connectivity index (χ3v) is 2.68. The summed E-state index contributed by atoms with van der Waals surface area (Å²) in [6.07, 6.45) is 3.12. The predicted octanol–water partition coefficient (Wildman–Crippen LogP) is 1.47. The van der Waals surface area contributed by atoms with E-state index in [1.165, 1.54) is 10.6 Å². The summed E-state index contributed by atoms with van der Waals surface area (Å²) in [5.74, 6) is 0.379. The molecule has 0 aliphatic carbocycles. The molecule has 0 unspecified atom stereocenters. The first kappa shape index (κ1) is 12.2. The van der Waals surface area contributed by atoms with Gasteiger partial charge in [0.15, 0.2) is 0 Å². The number of rotatable bonds is 3. The van der Waals surface area contributed by atoms with Crippen LogP contribution in [0.4, 0.5) is 0 Å². The summed E-state index contributed by atoms with van der Waals surface area (Å²) in [7, 11) is 1.63. The lowest BCUT2D eigenvalue weighted by Gasteiger charge is -2.11. The minimum absolute atomic E-state index is 0.215. The van der Waals surface area contributed by atoms with Crippen molar-refractivity contribution in [1.29, 1.82) is 0 Å². The molecule has 0 fully saturated rings. The van der Waals surface area contributed by atoms with Crippen LogP contribution in [0.15, 0.2) is 45.9 Å². The smallest absolute Gasteiger partial charge is 0.252 e. The first-order valence-electron chi connectivity index (χ1n) is 5.59. The summed E-state index contributed by atoms with van der Waals surface area (Å²) in [6, 6.07) is 6.22.